The van der Waals surface area contributed by atoms with E-state index in [9.17, 15) is 4.79 Å². The van der Waals surface area contributed by atoms with Crippen molar-refractivity contribution in [1.82, 2.24) is 5.01 Å². The van der Waals surface area contributed by atoms with E-state index >= 15 is 0 Å². The highest BCUT2D eigenvalue weighted by Crippen LogP contribution is 2.31. The molecule has 2 aromatic carbocycles. The number of hydrogen-bond donors (Lipinski definition) is 1. The molecule has 0 saturated heterocycles. The quantitative estimate of drug-likeness (QED) is 0.348. The summed E-state index contributed by atoms with van der Waals surface area (Å²) in [6.45, 7) is 9.21. The first-order chi connectivity index (χ1) is 16.9. The van der Waals surface area contributed by atoms with E-state index in [0.29, 0.717) is 30.0 Å². The minimum atomic E-state index is -0.436. The van der Waals surface area contributed by atoms with Crippen molar-refractivity contribution in [2.45, 2.75) is 40.0 Å². The van der Waals surface area contributed by atoms with Gasteiger partial charge in [0.2, 0.25) is 5.17 Å². The summed E-state index contributed by atoms with van der Waals surface area (Å²) in [5.74, 6) is 1.78. The summed E-state index contributed by atoms with van der Waals surface area (Å²) in [5, 5.41) is 15.7. The molecule has 0 aliphatic carbocycles. The molecule has 1 atom stereocenters. The van der Waals surface area contributed by atoms with Gasteiger partial charge < -0.3 is 9.47 Å². The number of hydrogen-bond acceptors (Lipinski definition) is 6. The first kappa shape index (κ1) is 24.7. The summed E-state index contributed by atoms with van der Waals surface area (Å²) in [6, 6.07) is 15.5. The number of fused-ring (bicyclic) bond motifs is 1. The molecule has 0 radical (unpaired) electrons. The number of nitrogens with one attached hydrogen (secondary N) is 1. The number of thioether (sulfide) groups is 1. The number of hydrazone groups is 1. The molecule has 0 fully saturated rings. The summed E-state index contributed by atoms with van der Waals surface area (Å²) >= 11 is 1.34. The lowest BCUT2D eigenvalue weighted by Gasteiger charge is -2.20. The number of carbonyl (C=O) groups is 1. The fraction of sp³-hybridized carbons (Fsp3) is 0.333. The van der Waals surface area contributed by atoms with Gasteiger partial charge in [0, 0.05) is 5.92 Å². The number of amides is 1. The molecular formula is C27H30N4O3S. The summed E-state index contributed by atoms with van der Waals surface area (Å²) < 4.78 is 11.9. The summed E-state index contributed by atoms with van der Waals surface area (Å²) in [4.78, 5) is 16.8. The van der Waals surface area contributed by atoms with Crippen molar-refractivity contribution in [2.75, 3.05) is 13.2 Å². The van der Waals surface area contributed by atoms with Crippen LogP contribution in [0.4, 0.5) is 0 Å². The molecule has 182 valence electrons. The number of rotatable bonds is 9. The lowest BCUT2D eigenvalue weighted by atomic mass is 9.98. The lowest BCUT2D eigenvalue weighted by Crippen LogP contribution is -2.35. The van der Waals surface area contributed by atoms with Gasteiger partial charge in [-0.2, -0.15) is 15.1 Å². The predicted octanol–water partition coefficient (Wildman–Crippen LogP) is 5.93. The molecule has 2 aromatic rings. The van der Waals surface area contributed by atoms with E-state index in [2.05, 4.69) is 30.0 Å². The highest BCUT2D eigenvalue weighted by molar-refractivity contribution is 8.27. The minimum Gasteiger partial charge on any atom is -0.490 e. The molecule has 1 amide bonds. The fourth-order valence-corrected chi connectivity index (χ4v) is 4.54. The van der Waals surface area contributed by atoms with Crippen LogP contribution in [-0.2, 0) is 4.79 Å². The van der Waals surface area contributed by atoms with Crippen molar-refractivity contribution in [3.63, 3.8) is 0 Å². The topological polar surface area (TPSA) is 87.3 Å². The third-order valence-corrected chi connectivity index (χ3v) is 7.01. The third-order valence-electron chi connectivity index (χ3n) is 5.81. The Morgan fingerprint density at radius 2 is 1.86 bits per heavy atom. The number of carbonyl (C=O) groups excluding carboxylic acids is 1. The van der Waals surface area contributed by atoms with Crippen molar-refractivity contribution in [2.24, 2.45) is 16.0 Å². The Kier molecular flexibility index (Phi) is 7.70. The van der Waals surface area contributed by atoms with Crippen molar-refractivity contribution in [3.05, 3.63) is 65.2 Å². The van der Waals surface area contributed by atoms with E-state index < -0.39 is 5.91 Å². The first-order valence-corrected chi connectivity index (χ1v) is 12.6. The molecule has 2 heterocycles. The van der Waals surface area contributed by atoms with Gasteiger partial charge in [0.25, 0.3) is 5.91 Å². The molecule has 4 rings (SSSR count). The van der Waals surface area contributed by atoms with Crippen LogP contribution in [0.5, 0.6) is 11.5 Å². The number of para-hydroxylation sites is 1. The maximum atomic E-state index is 12.6. The third kappa shape index (κ3) is 5.65. The Labute approximate surface area is 210 Å². The van der Waals surface area contributed by atoms with Crippen LogP contribution in [0.1, 0.15) is 51.2 Å². The van der Waals surface area contributed by atoms with Crippen molar-refractivity contribution in [1.29, 1.82) is 5.41 Å². The van der Waals surface area contributed by atoms with Gasteiger partial charge in [-0.05, 0) is 59.5 Å². The van der Waals surface area contributed by atoms with Gasteiger partial charge in [0.1, 0.15) is 29.8 Å². The Balaban J connectivity index is 1.40. The molecule has 1 N–H and O–H groups in total. The monoisotopic (exact) mass is 490 g/mol. The second kappa shape index (κ2) is 10.9. The Hall–Kier alpha value is -3.39. The van der Waals surface area contributed by atoms with Crippen LogP contribution in [0.3, 0.4) is 0 Å². The summed E-state index contributed by atoms with van der Waals surface area (Å²) in [5.41, 5.74) is 2.15. The molecule has 8 heteroatoms. The van der Waals surface area contributed by atoms with Crippen molar-refractivity contribution >= 4 is 39.8 Å². The summed E-state index contributed by atoms with van der Waals surface area (Å²) in [7, 11) is 0. The first-order valence-electron chi connectivity index (χ1n) is 11.8. The highest BCUT2D eigenvalue weighted by atomic mass is 32.2. The van der Waals surface area contributed by atoms with E-state index in [0.717, 1.165) is 22.8 Å². The normalized spacial score (nSPS) is 17.4. The highest BCUT2D eigenvalue weighted by Gasteiger charge is 2.36. The van der Waals surface area contributed by atoms with Crippen LogP contribution in [0, 0.1) is 11.3 Å². The predicted molar refractivity (Wildman–Crippen MR) is 142 cm³/mol. The van der Waals surface area contributed by atoms with Gasteiger partial charge in [-0.15, -0.1) is 0 Å². The number of amidine groups is 2. The van der Waals surface area contributed by atoms with E-state index in [1.165, 1.54) is 22.3 Å². The fourth-order valence-electron chi connectivity index (χ4n) is 3.65. The zero-order valence-electron chi connectivity index (χ0n) is 20.4. The maximum Gasteiger partial charge on any atom is 0.283 e. The van der Waals surface area contributed by atoms with Gasteiger partial charge in [0.15, 0.2) is 5.84 Å². The molecule has 2 aliphatic heterocycles. The van der Waals surface area contributed by atoms with Crippen LogP contribution in [0.15, 0.2) is 64.2 Å². The van der Waals surface area contributed by atoms with Crippen molar-refractivity contribution < 1.29 is 14.3 Å². The second-order valence-electron chi connectivity index (χ2n) is 8.73. The van der Waals surface area contributed by atoms with Crippen LogP contribution in [-0.4, -0.2) is 40.2 Å². The van der Waals surface area contributed by atoms with Crippen LogP contribution in [0.2, 0.25) is 0 Å². The molecule has 0 unspecified atom stereocenters. The second-order valence-corrected chi connectivity index (χ2v) is 9.72. The number of aliphatic imine (C=N–C) groups is 1. The zero-order chi connectivity index (χ0) is 24.9. The lowest BCUT2D eigenvalue weighted by molar-refractivity contribution is -0.114. The molecule has 0 spiro atoms. The maximum absolute atomic E-state index is 12.6. The van der Waals surface area contributed by atoms with Gasteiger partial charge in [0.05, 0.1) is 5.57 Å². The van der Waals surface area contributed by atoms with Gasteiger partial charge >= 0.3 is 0 Å². The Bertz CT molecular complexity index is 1220. The molecule has 2 aliphatic rings. The molecule has 35 heavy (non-hydrogen) atoms. The standard InChI is InChI=1S/C27H30N4O3S/c1-5-18(4)21-11-6-7-12-23(21)34-14-13-33-20-10-8-9-19(15-20)16-22-24(28)31-27(29-25(22)32)35-26(30-31)17(2)3/h6-12,15-18,28H,5,13-14H2,1-4H3/b22-16-,28-24?/t18-/m1/s1. The molecule has 7 nitrogen and oxygen atoms in total. The SMILES string of the molecule is CC[C@@H](C)c1ccccc1OCCOc1cccc(/C=C2/C(=N)N3N=C(C(C)C)SC3=NC2=O)c1. The van der Waals surface area contributed by atoms with Crippen LogP contribution < -0.4 is 9.47 Å². The smallest absolute Gasteiger partial charge is 0.283 e. The van der Waals surface area contributed by atoms with Gasteiger partial charge in [-0.1, -0.05) is 58.0 Å². The van der Waals surface area contributed by atoms with E-state index in [1.807, 2.05) is 56.3 Å². The van der Waals surface area contributed by atoms with E-state index in [-0.39, 0.29) is 17.3 Å². The van der Waals surface area contributed by atoms with E-state index in [1.54, 1.807) is 6.08 Å². The number of ether oxygens (including phenoxy) is 2. The van der Waals surface area contributed by atoms with Gasteiger partial charge in [-0.3, -0.25) is 10.2 Å². The van der Waals surface area contributed by atoms with Gasteiger partial charge in [-0.25, -0.2) is 0 Å². The average Bonchev–Trinajstić information content (AvgIpc) is 3.29. The number of benzene rings is 2. The Morgan fingerprint density at radius 1 is 1.09 bits per heavy atom. The van der Waals surface area contributed by atoms with E-state index in [4.69, 9.17) is 14.9 Å². The van der Waals surface area contributed by atoms with Crippen LogP contribution >= 0.6 is 11.8 Å². The number of nitrogens with zero attached hydrogens (tertiary/aromatic N) is 3. The van der Waals surface area contributed by atoms with Crippen molar-refractivity contribution in [3.8, 4) is 11.5 Å². The average molecular weight is 491 g/mol. The largest absolute Gasteiger partial charge is 0.490 e. The molecular weight excluding hydrogens is 460 g/mol. The minimum absolute atomic E-state index is 0.0304. The summed E-state index contributed by atoms with van der Waals surface area (Å²) in [6.07, 6.45) is 2.71. The zero-order valence-corrected chi connectivity index (χ0v) is 21.3. The molecule has 0 bridgehead atoms. The molecule has 0 saturated carbocycles. The van der Waals surface area contributed by atoms with Crippen LogP contribution in [0.25, 0.3) is 6.08 Å². The Morgan fingerprint density at radius 3 is 2.63 bits per heavy atom. The molecule has 0 aromatic heterocycles.